The van der Waals surface area contributed by atoms with E-state index in [0.717, 1.165) is 5.56 Å². The second-order valence-electron chi connectivity index (χ2n) is 4.82. The van der Waals surface area contributed by atoms with E-state index in [1.165, 1.54) is 7.11 Å². The van der Waals surface area contributed by atoms with Crippen LogP contribution in [0.2, 0.25) is 5.02 Å². The van der Waals surface area contributed by atoms with E-state index in [0.29, 0.717) is 22.0 Å². The monoisotopic (exact) mass is 333 g/mol. The van der Waals surface area contributed by atoms with Gasteiger partial charge in [0.2, 0.25) is 0 Å². The SMILES string of the molecule is COC(=O)c1ccc(C)c(NC(=O)COc2cccc(Cl)c2)c1. The lowest BCUT2D eigenvalue weighted by atomic mass is 10.1. The summed E-state index contributed by atoms with van der Waals surface area (Å²) >= 11 is 5.85. The predicted octanol–water partition coefficient (Wildman–Crippen LogP) is 3.45. The van der Waals surface area contributed by atoms with Gasteiger partial charge in [0, 0.05) is 10.7 Å². The number of halogens is 1. The molecule has 0 radical (unpaired) electrons. The van der Waals surface area contributed by atoms with Crippen molar-refractivity contribution in [2.75, 3.05) is 19.0 Å². The van der Waals surface area contributed by atoms with E-state index in [2.05, 4.69) is 10.1 Å². The van der Waals surface area contributed by atoms with E-state index >= 15 is 0 Å². The third-order valence-electron chi connectivity index (χ3n) is 3.10. The molecule has 1 amide bonds. The molecule has 120 valence electrons. The normalized spacial score (nSPS) is 10.0. The number of esters is 1. The van der Waals surface area contributed by atoms with Gasteiger partial charge in [-0.2, -0.15) is 0 Å². The fourth-order valence-electron chi connectivity index (χ4n) is 1.89. The highest BCUT2D eigenvalue weighted by molar-refractivity contribution is 6.30. The Kier molecular flexibility index (Phi) is 5.60. The zero-order valence-corrected chi connectivity index (χ0v) is 13.5. The molecule has 0 aromatic heterocycles. The van der Waals surface area contributed by atoms with Crippen LogP contribution in [0.15, 0.2) is 42.5 Å². The van der Waals surface area contributed by atoms with Crippen molar-refractivity contribution in [2.45, 2.75) is 6.92 Å². The minimum absolute atomic E-state index is 0.164. The average molecular weight is 334 g/mol. The van der Waals surface area contributed by atoms with Crippen molar-refractivity contribution in [3.05, 3.63) is 58.6 Å². The first-order chi connectivity index (χ1) is 11.0. The molecule has 0 aliphatic rings. The number of anilines is 1. The predicted molar refractivity (Wildman–Crippen MR) is 88.1 cm³/mol. The van der Waals surface area contributed by atoms with E-state index < -0.39 is 5.97 Å². The van der Waals surface area contributed by atoms with Crippen LogP contribution in [0.3, 0.4) is 0 Å². The molecular weight excluding hydrogens is 318 g/mol. The summed E-state index contributed by atoms with van der Waals surface area (Å²) in [5.74, 6) is -0.293. The summed E-state index contributed by atoms with van der Waals surface area (Å²) in [6.07, 6.45) is 0. The minimum Gasteiger partial charge on any atom is -0.484 e. The van der Waals surface area contributed by atoms with Crippen LogP contribution >= 0.6 is 11.6 Å². The highest BCUT2D eigenvalue weighted by atomic mass is 35.5. The highest BCUT2D eigenvalue weighted by Gasteiger charge is 2.11. The van der Waals surface area contributed by atoms with E-state index in [9.17, 15) is 9.59 Å². The summed E-state index contributed by atoms with van der Waals surface area (Å²) in [5, 5.41) is 3.24. The number of nitrogens with one attached hydrogen (secondary N) is 1. The molecule has 0 aliphatic carbocycles. The van der Waals surface area contributed by atoms with Crippen molar-refractivity contribution in [1.82, 2.24) is 0 Å². The second-order valence-corrected chi connectivity index (χ2v) is 5.25. The van der Waals surface area contributed by atoms with Crippen LogP contribution in [-0.2, 0) is 9.53 Å². The van der Waals surface area contributed by atoms with Crippen LogP contribution in [0, 0.1) is 6.92 Å². The summed E-state index contributed by atoms with van der Waals surface area (Å²) < 4.78 is 10.0. The van der Waals surface area contributed by atoms with Gasteiger partial charge in [-0.15, -0.1) is 0 Å². The Morgan fingerprint density at radius 1 is 1.17 bits per heavy atom. The summed E-state index contributed by atoms with van der Waals surface area (Å²) in [6.45, 7) is 1.66. The molecule has 6 heteroatoms. The second kappa shape index (κ2) is 7.65. The zero-order valence-electron chi connectivity index (χ0n) is 12.8. The Morgan fingerprint density at radius 3 is 2.65 bits per heavy atom. The smallest absolute Gasteiger partial charge is 0.337 e. The summed E-state index contributed by atoms with van der Waals surface area (Å²) in [5.41, 5.74) is 1.73. The topological polar surface area (TPSA) is 64.6 Å². The van der Waals surface area contributed by atoms with Gasteiger partial charge in [-0.3, -0.25) is 4.79 Å². The van der Waals surface area contributed by atoms with Crippen LogP contribution in [0.4, 0.5) is 5.69 Å². The molecule has 2 aromatic rings. The summed E-state index contributed by atoms with van der Waals surface area (Å²) in [7, 11) is 1.30. The van der Waals surface area contributed by atoms with Gasteiger partial charge >= 0.3 is 5.97 Å². The molecule has 0 bridgehead atoms. The van der Waals surface area contributed by atoms with Crippen LogP contribution in [0.25, 0.3) is 0 Å². The van der Waals surface area contributed by atoms with E-state index in [4.69, 9.17) is 16.3 Å². The summed E-state index contributed by atoms with van der Waals surface area (Å²) in [6, 6.07) is 11.7. The van der Waals surface area contributed by atoms with Crippen LogP contribution < -0.4 is 10.1 Å². The average Bonchev–Trinajstić information content (AvgIpc) is 2.54. The Morgan fingerprint density at radius 2 is 1.96 bits per heavy atom. The van der Waals surface area contributed by atoms with Gasteiger partial charge in [-0.25, -0.2) is 4.79 Å². The number of rotatable bonds is 5. The first kappa shape index (κ1) is 16.8. The highest BCUT2D eigenvalue weighted by Crippen LogP contribution is 2.19. The molecule has 0 fully saturated rings. The molecule has 0 unspecified atom stereocenters. The molecule has 0 atom stereocenters. The lowest BCUT2D eigenvalue weighted by Crippen LogP contribution is -2.21. The van der Waals surface area contributed by atoms with Crippen molar-refractivity contribution >= 4 is 29.2 Å². The van der Waals surface area contributed by atoms with E-state index in [1.807, 2.05) is 6.92 Å². The number of carbonyl (C=O) groups excluding carboxylic acids is 2. The fourth-order valence-corrected chi connectivity index (χ4v) is 2.07. The number of benzene rings is 2. The maximum absolute atomic E-state index is 12.0. The van der Waals surface area contributed by atoms with Crippen molar-refractivity contribution in [1.29, 1.82) is 0 Å². The minimum atomic E-state index is -0.462. The lowest BCUT2D eigenvalue weighted by molar-refractivity contribution is -0.118. The van der Waals surface area contributed by atoms with Gasteiger partial charge in [0.1, 0.15) is 5.75 Å². The first-order valence-electron chi connectivity index (χ1n) is 6.87. The summed E-state index contributed by atoms with van der Waals surface area (Å²) in [4.78, 5) is 23.5. The molecule has 2 aromatic carbocycles. The van der Waals surface area contributed by atoms with Crippen molar-refractivity contribution in [3.8, 4) is 5.75 Å². The molecule has 5 nitrogen and oxygen atoms in total. The van der Waals surface area contributed by atoms with Crippen LogP contribution in [0.1, 0.15) is 15.9 Å². The molecular formula is C17H16ClNO4. The third-order valence-corrected chi connectivity index (χ3v) is 3.33. The number of methoxy groups -OCH3 is 1. The maximum atomic E-state index is 12.0. The van der Waals surface area contributed by atoms with Gasteiger partial charge < -0.3 is 14.8 Å². The van der Waals surface area contributed by atoms with Crippen LogP contribution in [0.5, 0.6) is 5.75 Å². The number of aryl methyl sites for hydroxylation is 1. The molecule has 0 spiro atoms. The van der Waals surface area contributed by atoms with E-state index in [-0.39, 0.29) is 12.5 Å². The number of hydrogen-bond acceptors (Lipinski definition) is 4. The largest absolute Gasteiger partial charge is 0.484 e. The van der Waals surface area contributed by atoms with Crippen molar-refractivity contribution in [3.63, 3.8) is 0 Å². The molecule has 0 saturated carbocycles. The Bertz CT molecular complexity index is 730. The standard InChI is InChI=1S/C17H16ClNO4/c1-11-6-7-12(17(21)22-2)8-15(11)19-16(20)10-23-14-5-3-4-13(18)9-14/h3-9H,10H2,1-2H3,(H,19,20). The van der Waals surface area contributed by atoms with Gasteiger partial charge in [0.25, 0.3) is 5.91 Å². The lowest BCUT2D eigenvalue weighted by Gasteiger charge is -2.11. The van der Waals surface area contributed by atoms with E-state index in [1.54, 1.807) is 42.5 Å². The number of carbonyl (C=O) groups is 2. The molecule has 23 heavy (non-hydrogen) atoms. The van der Waals surface area contributed by atoms with Crippen LogP contribution in [-0.4, -0.2) is 25.6 Å². The van der Waals surface area contributed by atoms with Crippen molar-refractivity contribution in [2.24, 2.45) is 0 Å². The zero-order chi connectivity index (χ0) is 16.8. The number of hydrogen-bond donors (Lipinski definition) is 1. The Hall–Kier alpha value is -2.53. The number of amides is 1. The molecule has 0 saturated heterocycles. The molecule has 1 N–H and O–H groups in total. The Balaban J connectivity index is 2.01. The van der Waals surface area contributed by atoms with Crippen molar-refractivity contribution < 1.29 is 19.1 Å². The van der Waals surface area contributed by atoms with Gasteiger partial charge in [-0.1, -0.05) is 23.7 Å². The first-order valence-corrected chi connectivity index (χ1v) is 7.24. The molecule has 0 aliphatic heterocycles. The van der Waals surface area contributed by atoms with Gasteiger partial charge in [-0.05, 0) is 42.8 Å². The fraction of sp³-hybridized carbons (Fsp3) is 0.176. The third kappa shape index (κ3) is 4.72. The number of ether oxygens (including phenoxy) is 2. The Labute approximate surface area is 139 Å². The maximum Gasteiger partial charge on any atom is 0.337 e. The molecule has 0 heterocycles. The molecule has 2 rings (SSSR count). The van der Waals surface area contributed by atoms with Gasteiger partial charge in [0.05, 0.1) is 12.7 Å². The quantitative estimate of drug-likeness (QED) is 0.851. The van der Waals surface area contributed by atoms with Gasteiger partial charge in [0.15, 0.2) is 6.61 Å².